The van der Waals surface area contributed by atoms with Crippen molar-refractivity contribution < 1.29 is 50.0 Å². The fourth-order valence-electron chi connectivity index (χ4n) is 7.37. The van der Waals surface area contributed by atoms with E-state index in [1.165, 1.54) is 96.3 Å². The number of allylic oxidation sites excluding steroid dienone is 4. The van der Waals surface area contributed by atoms with Crippen molar-refractivity contribution in [2.45, 2.75) is 249 Å². The van der Waals surface area contributed by atoms with Gasteiger partial charge in [-0.05, 0) is 38.5 Å². The normalized spacial score (nSPS) is 22.3. The summed E-state index contributed by atoms with van der Waals surface area (Å²) in [6.45, 7) is 3.40. The lowest BCUT2D eigenvalue weighted by Crippen LogP contribution is -2.60. The molecule has 0 aromatic heterocycles. The van der Waals surface area contributed by atoms with E-state index >= 15 is 0 Å². The van der Waals surface area contributed by atoms with Crippen LogP contribution in [0.4, 0.5) is 0 Å². The number of aliphatic hydroxyl groups excluding tert-OH is 7. The molecule has 1 rings (SSSR count). The molecule has 1 amide bonds. The zero-order valence-electron chi connectivity index (χ0n) is 36.1. The highest BCUT2D eigenvalue weighted by atomic mass is 16.7. The van der Waals surface area contributed by atoms with Gasteiger partial charge in [0.15, 0.2) is 6.29 Å². The fourth-order valence-corrected chi connectivity index (χ4v) is 7.37. The van der Waals surface area contributed by atoms with Crippen LogP contribution >= 0.6 is 0 Å². The predicted octanol–water partition coefficient (Wildman–Crippen LogP) is 7.45. The van der Waals surface area contributed by atoms with Crippen LogP contribution in [0.2, 0.25) is 0 Å². The Morgan fingerprint density at radius 1 is 0.614 bits per heavy atom. The number of nitrogens with one attached hydrogen (secondary N) is 1. The second-order valence-corrected chi connectivity index (χ2v) is 16.5. The summed E-state index contributed by atoms with van der Waals surface area (Å²) in [6, 6.07) is -1.17. The zero-order chi connectivity index (χ0) is 41.9. The Labute approximate surface area is 346 Å². The van der Waals surface area contributed by atoms with Gasteiger partial charge in [-0.15, -0.1) is 0 Å². The average molecular weight is 814 g/mol. The monoisotopic (exact) mass is 814 g/mol. The summed E-state index contributed by atoms with van der Waals surface area (Å²) in [4.78, 5) is 13.1. The molecule has 1 aliphatic heterocycles. The van der Waals surface area contributed by atoms with Gasteiger partial charge in [0.05, 0.1) is 25.4 Å². The van der Waals surface area contributed by atoms with E-state index < -0.39 is 74.2 Å². The first-order chi connectivity index (χ1) is 27.7. The quantitative estimate of drug-likeness (QED) is 0.0230. The van der Waals surface area contributed by atoms with Gasteiger partial charge >= 0.3 is 0 Å². The van der Waals surface area contributed by atoms with Gasteiger partial charge in [-0.2, -0.15) is 0 Å². The van der Waals surface area contributed by atoms with Gasteiger partial charge < -0.3 is 50.5 Å². The minimum absolute atomic E-state index is 0.243. The van der Waals surface area contributed by atoms with Crippen LogP contribution in [0.15, 0.2) is 24.3 Å². The molecule has 336 valence electrons. The Morgan fingerprint density at radius 2 is 1.05 bits per heavy atom. The van der Waals surface area contributed by atoms with Crippen molar-refractivity contribution in [1.29, 1.82) is 0 Å². The summed E-state index contributed by atoms with van der Waals surface area (Å²) in [6.07, 6.45) is 27.9. The maximum atomic E-state index is 13.1. The summed E-state index contributed by atoms with van der Waals surface area (Å²) in [5, 5.41) is 75.6. The Kier molecular flexibility index (Phi) is 34.3. The lowest BCUT2D eigenvalue weighted by molar-refractivity contribution is -0.303. The summed E-state index contributed by atoms with van der Waals surface area (Å²) in [7, 11) is 0. The van der Waals surface area contributed by atoms with Crippen LogP contribution in [-0.2, 0) is 14.3 Å². The van der Waals surface area contributed by atoms with E-state index in [1.807, 2.05) is 0 Å². The van der Waals surface area contributed by atoms with Gasteiger partial charge in [-0.1, -0.05) is 179 Å². The molecule has 0 spiro atoms. The van der Waals surface area contributed by atoms with Crippen LogP contribution in [0.5, 0.6) is 0 Å². The second kappa shape index (κ2) is 36.4. The molecule has 0 aliphatic carbocycles. The summed E-state index contributed by atoms with van der Waals surface area (Å²) in [5.41, 5.74) is 0. The highest BCUT2D eigenvalue weighted by molar-refractivity contribution is 5.80. The third-order valence-electron chi connectivity index (χ3n) is 11.3. The third kappa shape index (κ3) is 26.4. The van der Waals surface area contributed by atoms with Crippen molar-refractivity contribution in [3.63, 3.8) is 0 Å². The molecule has 1 saturated heterocycles. The molecule has 57 heavy (non-hydrogen) atoms. The molecule has 8 N–H and O–H groups in total. The average Bonchev–Trinajstić information content (AvgIpc) is 3.21. The minimum Gasteiger partial charge on any atom is -0.394 e. The van der Waals surface area contributed by atoms with Gasteiger partial charge in [0, 0.05) is 0 Å². The van der Waals surface area contributed by atoms with E-state index in [0.717, 1.165) is 57.8 Å². The van der Waals surface area contributed by atoms with Crippen molar-refractivity contribution in [3.8, 4) is 0 Å². The van der Waals surface area contributed by atoms with E-state index in [-0.39, 0.29) is 6.42 Å². The van der Waals surface area contributed by atoms with Crippen molar-refractivity contribution in [2.75, 3.05) is 13.2 Å². The Balaban J connectivity index is 2.47. The topological polar surface area (TPSA) is 189 Å². The lowest BCUT2D eigenvalue weighted by Gasteiger charge is -2.40. The van der Waals surface area contributed by atoms with E-state index in [2.05, 4.69) is 43.5 Å². The molecule has 11 heteroatoms. The highest BCUT2D eigenvalue weighted by Gasteiger charge is 2.44. The molecule has 0 aromatic rings. The molecular weight excluding hydrogens is 727 g/mol. The number of rotatable bonds is 38. The Bertz CT molecular complexity index is 981. The molecular formula is C46H87NO10. The predicted molar refractivity (Wildman–Crippen MR) is 229 cm³/mol. The van der Waals surface area contributed by atoms with Gasteiger partial charge in [0.1, 0.15) is 36.6 Å². The van der Waals surface area contributed by atoms with E-state index in [1.54, 1.807) is 0 Å². The van der Waals surface area contributed by atoms with Crippen molar-refractivity contribution in [2.24, 2.45) is 0 Å². The van der Waals surface area contributed by atoms with Crippen molar-refractivity contribution >= 4 is 5.91 Å². The number of hydrogen-bond donors (Lipinski definition) is 8. The van der Waals surface area contributed by atoms with Crippen LogP contribution in [0.25, 0.3) is 0 Å². The van der Waals surface area contributed by atoms with Crippen LogP contribution < -0.4 is 5.32 Å². The van der Waals surface area contributed by atoms with Gasteiger partial charge in [-0.25, -0.2) is 0 Å². The van der Waals surface area contributed by atoms with Crippen LogP contribution in [-0.4, -0.2) is 110 Å². The number of ether oxygens (including phenoxy) is 2. The molecule has 1 fully saturated rings. The minimum atomic E-state index is -1.66. The molecule has 9 unspecified atom stereocenters. The third-order valence-corrected chi connectivity index (χ3v) is 11.3. The van der Waals surface area contributed by atoms with Crippen LogP contribution in [0, 0.1) is 0 Å². The first kappa shape index (κ1) is 53.6. The number of unbranched alkanes of at least 4 members (excludes halogenated alkanes) is 23. The van der Waals surface area contributed by atoms with Crippen molar-refractivity contribution in [3.05, 3.63) is 24.3 Å². The number of hydrogen-bond acceptors (Lipinski definition) is 10. The number of carbonyl (C=O) groups excluding carboxylic acids is 1. The van der Waals surface area contributed by atoms with Gasteiger partial charge in [0.25, 0.3) is 0 Å². The molecule has 9 atom stereocenters. The maximum absolute atomic E-state index is 13.1. The van der Waals surface area contributed by atoms with E-state index in [4.69, 9.17) is 9.47 Å². The molecule has 11 nitrogen and oxygen atoms in total. The highest BCUT2D eigenvalue weighted by Crippen LogP contribution is 2.23. The Morgan fingerprint density at radius 3 is 1.56 bits per heavy atom. The standard InChI is InChI=1S/C46H87NO10/c1-3-5-7-9-11-13-15-17-19-20-22-23-25-27-29-31-33-38(49)41(51)37(36-56-46-44(54)43(53)42(52)40(35-48)57-46)47-45(55)39(50)34-32-30-28-26-24-21-18-16-14-12-10-8-6-4-2/h12,14,16,18,37-44,46,48-54H,3-11,13,15,17,19-36H2,1-2H3,(H,47,55)/b14-12-,18-16-. The van der Waals surface area contributed by atoms with E-state index in [9.17, 15) is 40.5 Å². The molecule has 0 aromatic carbocycles. The van der Waals surface area contributed by atoms with Gasteiger partial charge in [-0.3, -0.25) is 4.79 Å². The lowest BCUT2D eigenvalue weighted by atomic mass is 9.98. The first-order valence-corrected chi connectivity index (χ1v) is 23.3. The molecule has 1 aliphatic rings. The van der Waals surface area contributed by atoms with E-state index in [0.29, 0.717) is 19.3 Å². The van der Waals surface area contributed by atoms with Crippen molar-refractivity contribution in [1.82, 2.24) is 5.32 Å². The summed E-state index contributed by atoms with van der Waals surface area (Å²) in [5.74, 6) is -0.709. The smallest absolute Gasteiger partial charge is 0.249 e. The number of carbonyl (C=O) groups is 1. The molecule has 0 radical (unpaired) electrons. The zero-order valence-corrected chi connectivity index (χ0v) is 36.1. The number of aliphatic hydroxyl groups is 7. The summed E-state index contributed by atoms with van der Waals surface area (Å²) < 4.78 is 11.1. The molecule has 0 saturated carbocycles. The first-order valence-electron chi connectivity index (χ1n) is 23.3. The largest absolute Gasteiger partial charge is 0.394 e. The maximum Gasteiger partial charge on any atom is 0.249 e. The fraction of sp³-hybridized carbons (Fsp3) is 0.891. The summed E-state index contributed by atoms with van der Waals surface area (Å²) >= 11 is 0. The van der Waals surface area contributed by atoms with Crippen LogP contribution in [0.1, 0.15) is 194 Å². The SMILES string of the molecule is CCCCC/C=C\C=C/CCCCCCCC(O)C(=O)NC(COC1OC(CO)C(O)C(O)C1O)C(O)C(O)CCCCCCCCCCCCCCCCCC. The Hall–Kier alpha value is -1.41. The van der Waals surface area contributed by atoms with Crippen LogP contribution in [0.3, 0.4) is 0 Å². The number of amides is 1. The van der Waals surface area contributed by atoms with Gasteiger partial charge in [0.2, 0.25) is 5.91 Å². The molecule has 0 bridgehead atoms. The molecule has 1 heterocycles. The second-order valence-electron chi connectivity index (χ2n) is 16.5.